The quantitative estimate of drug-likeness (QED) is 0.250. The van der Waals surface area contributed by atoms with E-state index in [0.29, 0.717) is 11.1 Å². The molecule has 1 unspecified atom stereocenters. The van der Waals surface area contributed by atoms with Gasteiger partial charge in [0, 0.05) is 19.9 Å². The number of halogens is 1. The molecule has 0 spiro atoms. The third-order valence-electron chi connectivity index (χ3n) is 5.32. The van der Waals surface area contributed by atoms with Crippen molar-refractivity contribution in [1.29, 1.82) is 0 Å². The molecule has 196 valence electrons. The number of carbonyl (C=O) groups excluding carboxylic acids is 3. The van der Waals surface area contributed by atoms with Crippen molar-refractivity contribution in [3.63, 3.8) is 0 Å². The molecule has 2 atom stereocenters. The van der Waals surface area contributed by atoms with Gasteiger partial charge in [0.1, 0.15) is 11.9 Å². The molecule has 0 aromatic heterocycles. The van der Waals surface area contributed by atoms with E-state index in [1.165, 1.54) is 12.1 Å². The number of aliphatic hydroxyl groups is 1. The number of hydrogen-bond acceptors (Lipinski definition) is 8. The maximum Gasteiger partial charge on any atom is 0.490 e. The second-order valence-electron chi connectivity index (χ2n) is 8.15. The lowest BCUT2D eigenvalue weighted by molar-refractivity contribution is -0.136. The van der Waals surface area contributed by atoms with Gasteiger partial charge in [-0.25, -0.2) is 18.4 Å². The summed E-state index contributed by atoms with van der Waals surface area (Å²) in [5, 5.41) is 11.5. The van der Waals surface area contributed by atoms with Crippen molar-refractivity contribution >= 4 is 37.1 Å². The number of aliphatic hydroxyl groups excluding tert-OH is 1. The van der Waals surface area contributed by atoms with E-state index in [2.05, 4.69) is 12.2 Å². The van der Waals surface area contributed by atoms with E-state index >= 15 is 0 Å². The molecule has 1 saturated heterocycles. The number of benzene rings is 1. The molecule has 11 nitrogen and oxygen atoms in total. The molecule has 2 amide bonds. The van der Waals surface area contributed by atoms with Gasteiger partial charge in [0.25, 0.3) is 0 Å². The Balaban J connectivity index is 2.00. The Bertz CT molecular complexity index is 947. The zero-order valence-electron chi connectivity index (χ0n) is 19.9. The normalized spacial score (nSPS) is 17.0. The lowest BCUT2D eigenvalue weighted by atomic mass is 10.1. The summed E-state index contributed by atoms with van der Waals surface area (Å²) in [4.78, 5) is 47.8. The summed E-state index contributed by atoms with van der Waals surface area (Å²) in [7, 11) is -4.83. The Morgan fingerprint density at radius 2 is 2.03 bits per heavy atom. The summed E-state index contributed by atoms with van der Waals surface area (Å²) in [5.41, 5.74) is 0.323. The summed E-state index contributed by atoms with van der Waals surface area (Å²) in [6.07, 6.45) is 2.38. The minimum Gasteiger partial charge on any atom is -0.442 e. The maximum atomic E-state index is 14.3. The van der Waals surface area contributed by atoms with Gasteiger partial charge in [0.2, 0.25) is 5.91 Å². The van der Waals surface area contributed by atoms with Gasteiger partial charge in [0.15, 0.2) is 0 Å². The minimum absolute atomic E-state index is 0.0546. The molecular formula is C22H33FN3O8P. The van der Waals surface area contributed by atoms with Gasteiger partial charge < -0.3 is 19.7 Å². The molecule has 1 fully saturated rings. The molecular weight excluding hydrogens is 484 g/mol. The number of hydrogen-bond donors (Lipinski definition) is 3. The van der Waals surface area contributed by atoms with E-state index in [0.717, 1.165) is 43.6 Å². The molecule has 13 heteroatoms. The minimum atomic E-state index is -4.83. The molecule has 1 aromatic rings. The maximum absolute atomic E-state index is 14.3. The molecule has 1 aliphatic rings. The first kappa shape index (κ1) is 28.5. The van der Waals surface area contributed by atoms with Crippen LogP contribution in [-0.4, -0.2) is 65.0 Å². The van der Waals surface area contributed by atoms with E-state index in [1.54, 1.807) is 0 Å². The van der Waals surface area contributed by atoms with Gasteiger partial charge in [-0.2, -0.15) is 0 Å². The monoisotopic (exact) mass is 517 g/mol. The smallest absolute Gasteiger partial charge is 0.442 e. The number of ether oxygens (including phenoxy) is 1. The van der Waals surface area contributed by atoms with Crippen LogP contribution < -0.4 is 10.2 Å². The molecule has 0 radical (unpaired) electrons. The van der Waals surface area contributed by atoms with Crippen LogP contribution in [0.3, 0.4) is 0 Å². The van der Waals surface area contributed by atoms with Crippen LogP contribution in [0.1, 0.15) is 52.4 Å². The van der Waals surface area contributed by atoms with Crippen LogP contribution in [0.15, 0.2) is 18.2 Å². The Morgan fingerprint density at radius 3 is 2.66 bits per heavy atom. The van der Waals surface area contributed by atoms with Crippen LogP contribution in [0.5, 0.6) is 0 Å². The van der Waals surface area contributed by atoms with E-state index in [1.807, 2.05) is 0 Å². The van der Waals surface area contributed by atoms with Gasteiger partial charge in [-0.05, 0) is 24.6 Å². The second-order valence-corrected chi connectivity index (χ2v) is 9.80. The van der Waals surface area contributed by atoms with E-state index in [9.17, 15) is 28.2 Å². The van der Waals surface area contributed by atoms with E-state index in [-0.39, 0.29) is 37.5 Å². The van der Waals surface area contributed by atoms with Crippen molar-refractivity contribution in [2.45, 2.75) is 58.5 Å². The highest BCUT2D eigenvalue weighted by Gasteiger charge is 2.41. The van der Waals surface area contributed by atoms with Gasteiger partial charge in [0.05, 0.1) is 31.1 Å². The molecule has 1 heterocycles. The van der Waals surface area contributed by atoms with Gasteiger partial charge >= 0.3 is 19.8 Å². The van der Waals surface area contributed by atoms with Crippen molar-refractivity contribution in [2.75, 3.05) is 36.5 Å². The van der Waals surface area contributed by atoms with Gasteiger partial charge in [-0.3, -0.25) is 19.4 Å². The Morgan fingerprint density at radius 1 is 1.31 bits per heavy atom. The fraction of sp³-hybridized carbons (Fsp3) is 0.591. The van der Waals surface area contributed by atoms with Crippen LogP contribution in [0.2, 0.25) is 0 Å². The highest BCUT2D eigenvalue weighted by molar-refractivity contribution is 7.51. The lowest BCUT2D eigenvalue weighted by Crippen LogP contribution is -2.36. The average molecular weight is 517 g/mol. The largest absolute Gasteiger partial charge is 0.490 e. The number of nitrogens with zero attached hydrogens (tertiary/aromatic N) is 2. The third kappa shape index (κ3) is 8.48. The first-order valence-corrected chi connectivity index (χ1v) is 13.1. The predicted octanol–water partition coefficient (Wildman–Crippen LogP) is 3.41. The first-order chi connectivity index (χ1) is 16.6. The zero-order chi connectivity index (χ0) is 26.0. The zero-order valence-corrected chi connectivity index (χ0v) is 20.8. The summed E-state index contributed by atoms with van der Waals surface area (Å²) in [5.74, 6) is -2.39. The van der Waals surface area contributed by atoms with Crippen LogP contribution in [0.4, 0.5) is 20.6 Å². The Hall–Kier alpha value is -2.69. The van der Waals surface area contributed by atoms with Crippen molar-refractivity contribution in [2.24, 2.45) is 0 Å². The van der Waals surface area contributed by atoms with Crippen molar-refractivity contribution in [3.05, 3.63) is 24.0 Å². The molecule has 3 N–H and O–H groups in total. The summed E-state index contributed by atoms with van der Waals surface area (Å²) < 4.78 is 37.4. The number of anilines is 2. The first-order valence-electron chi connectivity index (χ1n) is 11.5. The Kier molecular flexibility index (Phi) is 10.9. The highest BCUT2D eigenvalue weighted by Crippen LogP contribution is 2.47. The van der Waals surface area contributed by atoms with Gasteiger partial charge in [-0.15, -0.1) is 0 Å². The van der Waals surface area contributed by atoms with Crippen molar-refractivity contribution < 1.29 is 42.6 Å². The molecule has 0 bridgehead atoms. The summed E-state index contributed by atoms with van der Waals surface area (Å²) in [6.45, 7) is 2.43. The average Bonchev–Trinajstić information content (AvgIpc) is 3.16. The predicted molar refractivity (Wildman–Crippen MR) is 126 cm³/mol. The molecule has 0 aliphatic carbocycles. The number of unbranched alkanes of at least 4 members (excludes halogenated alkanes) is 4. The molecule has 0 saturated carbocycles. The van der Waals surface area contributed by atoms with Crippen LogP contribution in [0.25, 0.3) is 0 Å². The third-order valence-corrected chi connectivity index (χ3v) is 6.81. The van der Waals surface area contributed by atoms with Crippen LogP contribution >= 0.6 is 7.75 Å². The number of rotatable bonds is 14. The summed E-state index contributed by atoms with van der Waals surface area (Å²) in [6, 6.07) is 3.96. The highest BCUT2D eigenvalue weighted by atomic mass is 31.2. The lowest BCUT2D eigenvalue weighted by Gasteiger charge is -2.26. The van der Waals surface area contributed by atoms with Crippen LogP contribution in [-0.2, 0) is 23.4 Å². The molecule has 2 rings (SSSR count). The number of cyclic esters (lactones) is 1. The number of carbonyl (C=O) groups is 3. The SMILES string of the molecule is CCCCCCCC(=O)OP(=O)(O)N(C[C@H]1CN(c2ccc(NCCO)c(F)c2)C(=O)O1)C(C)=O. The standard InChI is InChI=1S/C22H33FN3O8P/c1-3-4-5-6-7-8-21(29)34-35(31,32)26(16(2)28)15-18-14-25(22(30)33-18)17-9-10-20(19(23)13-17)24-11-12-27/h9-10,13,18,24,27H,3-8,11-12,14-15H2,1-2H3,(H,31,32)/t18-/m1/s1. The fourth-order valence-electron chi connectivity index (χ4n) is 3.54. The second kappa shape index (κ2) is 13.4. The number of amides is 2. The van der Waals surface area contributed by atoms with Crippen molar-refractivity contribution in [3.8, 4) is 0 Å². The fourth-order valence-corrected chi connectivity index (χ4v) is 4.74. The molecule has 35 heavy (non-hydrogen) atoms. The number of nitrogens with one attached hydrogen (secondary N) is 1. The van der Waals surface area contributed by atoms with Crippen LogP contribution in [0, 0.1) is 5.82 Å². The van der Waals surface area contributed by atoms with E-state index in [4.69, 9.17) is 14.4 Å². The molecule has 1 aromatic carbocycles. The summed E-state index contributed by atoms with van der Waals surface area (Å²) >= 11 is 0. The Labute approximate surface area is 203 Å². The topological polar surface area (TPSA) is 146 Å². The van der Waals surface area contributed by atoms with Crippen molar-refractivity contribution in [1.82, 2.24) is 4.67 Å². The van der Waals surface area contributed by atoms with Gasteiger partial charge in [-0.1, -0.05) is 32.6 Å². The van der Waals surface area contributed by atoms with E-state index < -0.39 is 44.2 Å². The molecule has 1 aliphatic heterocycles.